The largest absolute Gasteiger partial charge is 0.572 e. The molecule has 5 aromatic rings. The van der Waals surface area contributed by atoms with Gasteiger partial charge in [-0.2, -0.15) is 8.42 Å². The van der Waals surface area contributed by atoms with Gasteiger partial charge in [0.2, 0.25) is 0 Å². The average Bonchev–Trinajstić information content (AvgIpc) is 2.92. The molecular formula is C29H26N4O4S2. The molecule has 198 valence electrons. The van der Waals surface area contributed by atoms with Crippen molar-refractivity contribution < 1.29 is 21.5 Å². The van der Waals surface area contributed by atoms with Crippen molar-refractivity contribution in [3.63, 3.8) is 0 Å². The smallest absolute Gasteiger partial charge is 0.310 e. The molecule has 0 unspecified atom stereocenters. The van der Waals surface area contributed by atoms with Crippen molar-refractivity contribution in [3.05, 3.63) is 131 Å². The summed E-state index contributed by atoms with van der Waals surface area (Å²) in [5.74, 6) is 0. The van der Waals surface area contributed by atoms with Crippen LogP contribution in [0.5, 0.6) is 0 Å². The number of fused-ring (bicyclic) bond motifs is 1. The number of hydrogen-bond acceptors (Lipinski definition) is 5. The van der Waals surface area contributed by atoms with Gasteiger partial charge in [0.25, 0.3) is 10.0 Å². The van der Waals surface area contributed by atoms with Gasteiger partial charge in [-0.25, -0.2) is 8.42 Å². The van der Waals surface area contributed by atoms with E-state index in [4.69, 9.17) is 0 Å². The Bertz CT molecular complexity index is 1860. The molecule has 10 heteroatoms. The van der Waals surface area contributed by atoms with E-state index in [1.165, 1.54) is 23.1 Å². The first kappa shape index (κ1) is 26.3. The summed E-state index contributed by atoms with van der Waals surface area (Å²) < 4.78 is 60.8. The summed E-state index contributed by atoms with van der Waals surface area (Å²) in [5.41, 5.74) is 3.11. The van der Waals surface area contributed by atoms with E-state index in [0.29, 0.717) is 11.1 Å². The third kappa shape index (κ3) is 5.62. The molecule has 8 nitrogen and oxygen atoms in total. The third-order valence-corrected chi connectivity index (χ3v) is 9.26. The summed E-state index contributed by atoms with van der Waals surface area (Å²) in [6.45, 7) is 3.55. The lowest BCUT2D eigenvalue weighted by atomic mass is 10.2. The van der Waals surface area contributed by atoms with Gasteiger partial charge in [0.1, 0.15) is 16.2 Å². The van der Waals surface area contributed by atoms with Crippen LogP contribution in [0.3, 0.4) is 0 Å². The second-order valence-corrected chi connectivity index (χ2v) is 12.6. The van der Waals surface area contributed by atoms with Crippen LogP contribution in [0.25, 0.3) is 15.6 Å². The van der Waals surface area contributed by atoms with Gasteiger partial charge >= 0.3 is 6.33 Å². The fraction of sp³-hybridized carbons (Fsp3) is 0.103. The third-order valence-electron chi connectivity index (χ3n) is 6.21. The highest BCUT2D eigenvalue weighted by Gasteiger charge is 2.29. The van der Waals surface area contributed by atoms with Crippen molar-refractivity contribution in [2.45, 2.75) is 30.2 Å². The number of aryl methyl sites for hydroxylation is 2. The van der Waals surface area contributed by atoms with Crippen LogP contribution >= 0.6 is 0 Å². The maximum absolute atomic E-state index is 14.0. The Kier molecular flexibility index (Phi) is 7.07. The van der Waals surface area contributed by atoms with Crippen molar-refractivity contribution in [1.29, 1.82) is 0 Å². The number of rotatable bonds is 8. The highest BCUT2D eigenvalue weighted by Crippen LogP contribution is 2.32. The topological polar surface area (TPSA) is 102 Å². The summed E-state index contributed by atoms with van der Waals surface area (Å²) >= 11 is 0. The second-order valence-electron chi connectivity index (χ2n) is 9.12. The molecular weight excluding hydrogens is 532 g/mol. The van der Waals surface area contributed by atoms with Crippen molar-refractivity contribution in [3.8, 4) is 0 Å². The van der Waals surface area contributed by atoms with E-state index in [9.17, 15) is 16.8 Å². The van der Waals surface area contributed by atoms with E-state index in [-0.39, 0.29) is 22.0 Å². The zero-order chi connectivity index (χ0) is 27.6. The zero-order valence-electron chi connectivity index (χ0n) is 21.3. The molecule has 0 N–H and O–H groups in total. The SMILES string of the molecule is Cc1ccc(S(=O)(=O)[N-]c2ccccc2CN([n+]2cnc3ccccc3c2)S(=O)(=O)c2ccc(C)cc2)cc1. The molecule has 0 amide bonds. The Morgan fingerprint density at radius 2 is 1.33 bits per heavy atom. The summed E-state index contributed by atoms with van der Waals surface area (Å²) in [5, 5.41) is 0.740. The predicted octanol–water partition coefficient (Wildman–Crippen LogP) is 5.06. The summed E-state index contributed by atoms with van der Waals surface area (Å²) in [4.78, 5) is 4.58. The first-order valence-corrected chi connectivity index (χ1v) is 15.0. The number of nitrogens with zero attached hydrogens (tertiary/aromatic N) is 4. The minimum atomic E-state index is -4.09. The van der Waals surface area contributed by atoms with Gasteiger partial charge in [-0.1, -0.05) is 71.8 Å². The number of para-hydroxylation sites is 1. The zero-order valence-corrected chi connectivity index (χ0v) is 23.0. The van der Waals surface area contributed by atoms with Crippen LogP contribution in [0.1, 0.15) is 16.7 Å². The fourth-order valence-corrected chi connectivity index (χ4v) is 6.42. The van der Waals surface area contributed by atoms with Gasteiger partial charge in [-0.15, -0.1) is 14.8 Å². The van der Waals surface area contributed by atoms with Gasteiger partial charge in [-0.05, 0) is 60.8 Å². The molecule has 1 heterocycles. The highest BCUT2D eigenvalue weighted by molar-refractivity contribution is 7.94. The number of aromatic nitrogens is 2. The average molecular weight is 559 g/mol. The highest BCUT2D eigenvalue weighted by atomic mass is 32.2. The van der Waals surface area contributed by atoms with Crippen molar-refractivity contribution in [1.82, 2.24) is 4.98 Å². The molecule has 0 aliphatic rings. The molecule has 4 aromatic carbocycles. The molecule has 0 aliphatic carbocycles. The lowest BCUT2D eigenvalue weighted by molar-refractivity contribution is -0.680. The molecule has 0 fully saturated rings. The maximum Gasteiger partial charge on any atom is 0.310 e. The van der Waals surface area contributed by atoms with Crippen LogP contribution in [-0.2, 0) is 26.6 Å². The van der Waals surface area contributed by atoms with Crippen LogP contribution in [0.2, 0.25) is 0 Å². The summed E-state index contributed by atoms with van der Waals surface area (Å²) in [6.07, 6.45) is 3.10. The summed E-state index contributed by atoms with van der Waals surface area (Å²) in [7, 11) is -8.13. The molecule has 39 heavy (non-hydrogen) atoms. The van der Waals surface area contributed by atoms with E-state index in [0.717, 1.165) is 20.9 Å². The Balaban J connectivity index is 1.58. The van der Waals surface area contributed by atoms with E-state index < -0.39 is 20.0 Å². The molecule has 0 saturated heterocycles. The molecule has 5 rings (SSSR count). The predicted molar refractivity (Wildman–Crippen MR) is 150 cm³/mol. The van der Waals surface area contributed by atoms with E-state index in [2.05, 4.69) is 9.71 Å². The first-order chi connectivity index (χ1) is 18.6. The van der Waals surface area contributed by atoms with Crippen molar-refractivity contribution >= 4 is 36.6 Å². The minimum Gasteiger partial charge on any atom is -0.572 e. The van der Waals surface area contributed by atoms with Gasteiger partial charge < -0.3 is 4.72 Å². The Labute approximate surface area is 228 Å². The molecule has 0 spiro atoms. The van der Waals surface area contributed by atoms with Crippen molar-refractivity contribution in [2.75, 3.05) is 4.41 Å². The molecule has 0 atom stereocenters. The number of hydrogen-bond donors (Lipinski definition) is 0. The van der Waals surface area contributed by atoms with Gasteiger partial charge in [0.05, 0.1) is 21.7 Å². The van der Waals surface area contributed by atoms with Crippen molar-refractivity contribution in [2.24, 2.45) is 0 Å². The molecule has 0 radical (unpaired) electrons. The molecule has 1 aromatic heterocycles. The normalized spacial score (nSPS) is 11.8. The lowest BCUT2D eigenvalue weighted by Crippen LogP contribution is -2.59. The van der Waals surface area contributed by atoms with Crippen LogP contribution in [0.4, 0.5) is 5.69 Å². The van der Waals surface area contributed by atoms with E-state index in [1.807, 2.05) is 38.1 Å². The van der Waals surface area contributed by atoms with Crippen LogP contribution in [0, 0.1) is 13.8 Å². The number of sulfonamides is 2. The fourth-order valence-electron chi connectivity index (χ4n) is 4.03. The number of benzene rings is 4. The second kappa shape index (κ2) is 10.5. The Morgan fingerprint density at radius 1 is 0.744 bits per heavy atom. The van der Waals surface area contributed by atoms with Gasteiger partial charge in [0, 0.05) is 0 Å². The quantitative estimate of drug-likeness (QED) is 0.248. The molecule has 0 aliphatic heterocycles. The van der Waals surface area contributed by atoms with Crippen LogP contribution < -0.4 is 9.09 Å². The van der Waals surface area contributed by atoms with Crippen LogP contribution in [0.15, 0.2) is 119 Å². The van der Waals surface area contributed by atoms with Crippen LogP contribution in [-0.4, -0.2) is 21.8 Å². The summed E-state index contributed by atoms with van der Waals surface area (Å²) in [6, 6.07) is 26.9. The van der Waals surface area contributed by atoms with E-state index in [1.54, 1.807) is 66.9 Å². The van der Waals surface area contributed by atoms with Gasteiger partial charge in [-0.3, -0.25) is 0 Å². The standard InChI is InChI=1S/C29H26N4O4S2/c1-22-11-15-26(16-12-22)38(34,35)31-29-10-6-4-8-25(29)20-33(39(36,37)27-17-13-23(2)14-18-27)32-19-24-7-3-5-9-28(24)30-21-32/h3-19,21H,20H2,1-2H3. The first-order valence-electron chi connectivity index (χ1n) is 12.1. The maximum atomic E-state index is 14.0. The van der Waals surface area contributed by atoms with Gasteiger partial charge in [0.15, 0.2) is 5.52 Å². The Hall–Kier alpha value is -4.28. The van der Waals surface area contributed by atoms with E-state index >= 15 is 0 Å². The lowest BCUT2D eigenvalue weighted by Gasteiger charge is -2.28. The Morgan fingerprint density at radius 3 is 2.03 bits per heavy atom. The monoisotopic (exact) mass is 558 g/mol. The molecule has 0 saturated carbocycles. The molecule has 0 bridgehead atoms. The minimum absolute atomic E-state index is 0.0557.